The molecular weight excluding hydrogens is 585 g/mol. The molecule has 0 N–H and O–H groups in total. The molecule has 5 aromatic carbocycles. The second-order valence-electron chi connectivity index (χ2n) is 14.9. The van der Waals surface area contributed by atoms with Gasteiger partial charge in [0.15, 0.2) is 0 Å². The van der Waals surface area contributed by atoms with Crippen molar-refractivity contribution in [3.8, 4) is 22.9 Å². The molecule has 9 rings (SSSR count). The quantitative estimate of drug-likeness (QED) is 0.0696. The number of hydrogen-bond acceptors (Lipinski definition) is 0. The lowest BCUT2D eigenvalue weighted by Gasteiger charge is -2.25. The van der Waals surface area contributed by atoms with Crippen molar-refractivity contribution < 1.29 is 0 Å². The van der Waals surface area contributed by atoms with E-state index in [0.29, 0.717) is 0 Å². The van der Waals surface area contributed by atoms with Crippen molar-refractivity contribution in [2.45, 2.75) is 85.6 Å². The van der Waals surface area contributed by atoms with E-state index < -0.39 is 16.1 Å². The van der Waals surface area contributed by atoms with Gasteiger partial charge in [0.2, 0.25) is 0 Å². The topological polar surface area (TPSA) is 0 Å². The fourth-order valence-corrected chi connectivity index (χ4v) is 19.1. The van der Waals surface area contributed by atoms with Crippen LogP contribution < -0.4 is 0 Å². The monoisotopic (exact) mass is 626 g/mol. The largest absolute Gasteiger partial charge is 0.148 e. The Bertz CT molecular complexity index is 1920. The zero-order chi connectivity index (χ0) is 30.9. The second-order valence-corrected chi connectivity index (χ2v) is 23.6. The summed E-state index contributed by atoms with van der Waals surface area (Å²) in [4.78, 5) is 0. The van der Waals surface area contributed by atoms with Crippen molar-refractivity contribution in [1.82, 2.24) is 0 Å². The van der Waals surface area contributed by atoms with E-state index in [1.54, 1.807) is 0 Å². The first kappa shape index (κ1) is 28.4. The first-order chi connectivity index (χ1) is 22.6. The second kappa shape index (κ2) is 10.9. The Morgan fingerprint density at radius 2 is 0.783 bits per heavy atom. The molecule has 0 unspecified atom stereocenters. The van der Waals surface area contributed by atoms with E-state index in [0.717, 1.165) is 34.3 Å². The Labute approximate surface area is 276 Å². The van der Waals surface area contributed by atoms with Crippen LogP contribution in [0, 0.1) is 22.9 Å². The van der Waals surface area contributed by atoms with E-state index in [4.69, 9.17) is 0 Å². The molecule has 0 aromatic heterocycles. The minimum Gasteiger partial charge on any atom is -0.125 e. The maximum Gasteiger partial charge on any atom is 0.148 e. The van der Waals surface area contributed by atoms with Gasteiger partial charge in [-0.05, 0) is 102 Å². The fraction of sp³-hybridized carbons (Fsp3) is 0.318. The summed E-state index contributed by atoms with van der Waals surface area (Å²) in [7, 11) is -3.56. The summed E-state index contributed by atoms with van der Waals surface area (Å²) in [6, 6.07) is 29.7. The van der Waals surface area contributed by atoms with E-state index in [1.165, 1.54) is 106 Å². The van der Waals surface area contributed by atoms with Crippen LogP contribution in [0.15, 0.2) is 98.1 Å². The summed E-state index contributed by atoms with van der Waals surface area (Å²) in [5.74, 6) is 8.03. The molecule has 0 atom stereocenters. The SMILES string of the molecule is C=CC[Si](C#Cc1c2cc3ccccc3cc2c(C#C[Si](CC=C)(C2CC2)C2CC2)c2cc3ccccc3cc12)(C1CC1)C1CC1. The van der Waals surface area contributed by atoms with Crippen LogP contribution in [-0.4, -0.2) is 16.1 Å². The average molecular weight is 627 g/mol. The smallest absolute Gasteiger partial charge is 0.125 e. The summed E-state index contributed by atoms with van der Waals surface area (Å²) in [5, 5.41) is 10.2. The number of rotatable bonds is 8. The highest BCUT2D eigenvalue weighted by atomic mass is 28.3. The van der Waals surface area contributed by atoms with E-state index in [1.807, 2.05) is 0 Å². The number of fused-ring (bicyclic) bond motifs is 4. The molecule has 4 aliphatic carbocycles. The highest BCUT2D eigenvalue weighted by Crippen LogP contribution is 2.61. The molecule has 0 bridgehead atoms. The van der Waals surface area contributed by atoms with Crippen molar-refractivity contribution in [2.24, 2.45) is 0 Å². The molecule has 0 radical (unpaired) electrons. The number of benzene rings is 5. The van der Waals surface area contributed by atoms with Gasteiger partial charge in [0.25, 0.3) is 0 Å². The van der Waals surface area contributed by atoms with Gasteiger partial charge in [0.1, 0.15) is 16.1 Å². The third-order valence-electron chi connectivity index (χ3n) is 11.9. The maximum atomic E-state index is 4.24. The Balaban J connectivity index is 1.37. The van der Waals surface area contributed by atoms with Gasteiger partial charge in [-0.15, -0.1) is 24.2 Å². The number of hydrogen-bond donors (Lipinski definition) is 0. The highest BCUT2D eigenvalue weighted by Gasteiger charge is 2.55. The zero-order valence-corrected chi connectivity index (χ0v) is 28.9. The minimum atomic E-state index is -1.78. The minimum absolute atomic E-state index is 0.850. The molecule has 5 aromatic rings. The standard InChI is InChI=1S/C44H42Si2/c1-3-23-45(35-13-14-35,36-15-16-36)25-21-39-41-27-31-9-5-7-11-33(31)29-43(41)40(44-30-34-12-8-6-10-32(34)28-42(39)44)22-26-46(24-4-2,37-17-18-37)38-19-20-38/h3-12,27-30,35-38H,1-2,13-20,23-24H2. The van der Waals surface area contributed by atoms with E-state index in [-0.39, 0.29) is 0 Å². The molecule has 0 aliphatic heterocycles. The van der Waals surface area contributed by atoms with Crippen LogP contribution in [-0.2, 0) is 0 Å². The van der Waals surface area contributed by atoms with Crippen LogP contribution in [0.4, 0.5) is 0 Å². The zero-order valence-electron chi connectivity index (χ0n) is 26.9. The van der Waals surface area contributed by atoms with Gasteiger partial charge in [-0.1, -0.05) is 124 Å². The fourth-order valence-electron chi connectivity index (χ4n) is 8.94. The third kappa shape index (κ3) is 4.73. The molecular formula is C44H42Si2. The molecule has 226 valence electrons. The lowest BCUT2D eigenvalue weighted by Crippen LogP contribution is -2.33. The molecule has 0 heterocycles. The molecule has 2 heteroatoms. The Hall–Kier alpha value is -3.83. The highest BCUT2D eigenvalue weighted by molar-refractivity contribution is 6.92. The van der Waals surface area contributed by atoms with Gasteiger partial charge in [0, 0.05) is 11.1 Å². The lowest BCUT2D eigenvalue weighted by atomic mass is 9.89. The molecule has 4 aliphatic rings. The number of allylic oxidation sites excluding steroid dienone is 2. The predicted molar refractivity (Wildman–Crippen MR) is 204 cm³/mol. The Kier molecular flexibility index (Phi) is 6.71. The van der Waals surface area contributed by atoms with Crippen molar-refractivity contribution in [1.29, 1.82) is 0 Å². The normalized spacial score (nSPS) is 18.3. The molecule has 0 nitrogen and oxygen atoms in total. The predicted octanol–water partition coefficient (Wildman–Crippen LogP) is 12.0. The molecule has 4 fully saturated rings. The molecule has 46 heavy (non-hydrogen) atoms. The van der Waals surface area contributed by atoms with Crippen LogP contribution in [0.3, 0.4) is 0 Å². The van der Waals surface area contributed by atoms with Gasteiger partial charge in [-0.25, -0.2) is 0 Å². The lowest BCUT2D eigenvalue weighted by molar-refractivity contribution is 1.20. The van der Waals surface area contributed by atoms with Gasteiger partial charge in [-0.2, -0.15) is 0 Å². The van der Waals surface area contributed by atoms with E-state index in [2.05, 4.69) is 121 Å². The van der Waals surface area contributed by atoms with Crippen LogP contribution in [0.25, 0.3) is 43.1 Å². The average Bonchev–Trinajstić information content (AvgIpc) is 3.91. The molecule has 0 saturated heterocycles. The van der Waals surface area contributed by atoms with Gasteiger partial charge in [0.05, 0.1) is 0 Å². The van der Waals surface area contributed by atoms with Crippen LogP contribution in [0.1, 0.15) is 62.5 Å². The summed E-state index contributed by atoms with van der Waals surface area (Å²) in [6.07, 6.45) is 15.4. The molecule has 4 saturated carbocycles. The van der Waals surface area contributed by atoms with E-state index >= 15 is 0 Å². The third-order valence-corrected chi connectivity index (χ3v) is 23.1. The van der Waals surface area contributed by atoms with Gasteiger partial charge in [-0.3, -0.25) is 0 Å². The van der Waals surface area contributed by atoms with Crippen LogP contribution in [0.2, 0.25) is 34.3 Å². The van der Waals surface area contributed by atoms with Crippen molar-refractivity contribution >= 4 is 59.2 Å². The summed E-state index contributed by atoms with van der Waals surface area (Å²) >= 11 is 0. The maximum absolute atomic E-state index is 4.24. The van der Waals surface area contributed by atoms with Crippen molar-refractivity contribution in [2.75, 3.05) is 0 Å². The first-order valence-corrected chi connectivity index (χ1v) is 22.4. The van der Waals surface area contributed by atoms with Crippen LogP contribution >= 0.6 is 0 Å². The molecule has 0 amide bonds. The molecule has 0 spiro atoms. The summed E-state index contributed by atoms with van der Waals surface area (Å²) in [6.45, 7) is 8.47. The van der Waals surface area contributed by atoms with Crippen molar-refractivity contribution in [3.63, 3.8) is 0 Å². The summed E-state index contributed by atoms with van der Waals surface area (Å²) in [5.41, 5.74) is 14.2. The van der Waals surface area contributed by atoms with E-state index in [9.17, 15) is 0 Å². The van der Waals surface area contributed by atoms with Crippen LogP contribution in [0.5, 0.6) is 0 Å². The van der Waals surface area contributed by atoms with Gasteiger partial charge < -0.3 is 0 Å². The van der Waals surface area contributed by atoms with Gasteiger partial charge >= 0.3 is 0 Å². The van der Waals surface area contributed by atoms with Crippen molar-refractivity contribution in [3.05, 3.63) is 109 Å². The first-order valence-electron chi connectivity index (χ1n) is 17.7. The Morgan fingerprint density at radius 3 is 1.02 bits per heavy atom. The Morgan fingerprint density at radius 1 is 0.500 bits per heavy atom. The summed E-state index contributed by atoms with van der Waals surface area (Å²) < 4.78 is 0.